The summed E-state index contributed by atoms with van der Waals surface area (Å²) in [5.74, 6) is 0. The Labute approximate surface area is 125 Å². The first kappa shape index (κ1) is 16.5. The van der Waals surface area contributed by atoms with Gasteiger partial charge in [0.05, 0.1) is 23.1 Å². The van der Waals surface area contributed by atoms with Crippen LogP contribution in [0.1, 0.15) is 11.3 Å². The SMILES string of the molecule is CN1CCN(Cc2ncc(NC(=O)O)cc2C(F)(F)F)CC1. The van der Waals surface area contributed by atoms with Crippen LogP contribution in [0.4, 0.5) is 23.7 Å². The van der Waals surface area contributed by atoms with E-state index in [0.29, 0.717) is 13.1 Å². The molecule has 9 heteroatoms. The fraction of sp³-hybridized carbons (Fsp3) is 0.538. The number of amides is 1. The van der Waals surface area contributed by atoms with Crippen LogP contribution in [0, 0.1) is 0 Å². The number of aromatic nitrogens is 1. The number of pyridine rings is 1. The zero-order chi connectivity index (χ0) is 16.3. The average molecular weight is 318 g/mol. The zero-order valence-electron chi connectivity index (χ0n) is 12.0. The highest BCUT2D eigenvalue weighted by Crippen LogP contribution is 2.33. The van der Waals surface area contributed by atoms with E-state index >= 15 is 0 Å². The Morgan fingerprint density at radius 3 is 2.55 bits per heavy atom. The highest BCUT2D eigenvalue weighted by molar-refractivity contribution is 5.82. The molecular formula is C13H17F3N4O2. The van der Waals surface area contributed by atoms with E-state index in [1.54, 1.807) is 0 Å². The third-order valence-corrected chi connectivity index (χ3v) is 3.50. The molecule has 22 heavy (non-hydrogen) atoms. The lowest BCUT2D eigenvalue weighted by atomic mass is 10.1. The molecule has 2 N–H and O–H groups in total. The van der Waals surface area contributed by atoms with Gasteiger partial charge in [-0.15, -0.1) is 0 Å². The maximum atomic E-state index is 13.1. The number of piperazine rings is 1. The molecule has 6 nitrogen and oxygen atoms in total. The number of rotatable bonds is 3. The summed E-state index contributed by atoms with van der Waals surface area (Å²) in [6.07, 6.45) is -4.90. The first-order chi connectivity index (χ1) is 10.3. The Bertz CT molecular complexity index is 543. The second-order valence-corrected chi connectivity index (χ2v) is 5.23. The normalized spacial score (nSPS) is 17.5. The molecule has 1 fully saturated rings. The van der Waals surface area contributed by atoms with Gasteiger partial charge in [0.15, 0.2) is 0 Å². The second-order valence-electron chi connectivity index (χ2n) is 5.23. The minimum Gasteiger partial charge on any atom is -0.465 e. The van der Waals surface area contributed by atoms with Gasteiger partial charge in [-0.1, -0.05) is 0 Å². The summed E-state index contributed by atoms with van der Waals surface area (Å²) in [4.78, 5) is 18.3. The first-order valence-electron chi connectivity index (χ1n) is 6.72. The summed E-state index contributed by atoms with van der Waals surface area (Å²) in [5.41, 5.74) is -1.19. The van der Waals surface area contributed by atoms with Gasteiger partial charge in [-0.3, -0.25) is 15.2 Å². The molecule has 1 amide bonds. The number of hydrogen-bond donors (Lipinski definition) is 2. The van der Waals surface area contributed by atoms with Crippen LogP contribution in [0.2, 0.25) is 0 Å². The van der Waals surface area contributed by atoms with Crippen LogP contribution in [0.15, 0.2) is 12.3 Å². The number of carboxylic acid groups (broad SMARTS) is 1. The molecule has 1 saturated heterocycles. The van der Waals surface area contributed by atoms with E-state index in [-0.39, 0.29) is 17.9 Å². The van der Waals surface area contributed by atoms with E-state index in [0.717, 1.165) is 25.4 Å². The molecule has 0 spiro atoms. The molecule has 122 valence electrons. The van der Waals surface area contributed by atoms with Crippen LogP contribution in [-0.2, 0) is 12.7 Å². The molecule has 0 saturated carbocycles. The molecule has 2 heterocycles. The number of carbonyl (C=O) groups is 1. The summed E-state index contributed by atoms with van der Waals surface area (Å²) in [5, 5.41) is 10.5. The van der Waals surface area contributed by atoms with Gasteiger partial charge in [-0.05, 0) is 13.1 Å². The van der Waals surface area contributed by atoms with Crippen LogP contribution in [-0.4, -0.2) is 59.2 Å². The van der Waals surface area contributed by atoms with Crippen LogP contribution in [0.5, 0.6) is 0 Å². The third kappa shape index (κ3) is 4.31. The monoisotopic (exact) mass is 318 g/mol. The van der Waals surface area contributed by atoms with Crippen molar-refractivity contribution < 1.29 is 23.1 Å². The lowest BCUT2D eigenvalue weighted by Gasteiger charge is -2.32. The van der Waals surface area contributed by atoms with Crippen LogP contribution >= 0.6 is 0 Å². The molecule has 1 aliphatic rings. The molecule has 0 radical (unpaired) electrons. The largest absolute Gasteiger partial charge is 0.465 e. The van der Waals surface area contributed by atoms with Gasteiger partial charge >= 0.3 is 12.3 Å². The van der Waals surface area contributed by atoms with Gasteiger partial charge in [0.2, 0.25) is 0 Å². The Kier molecular flexibility index (Phi) is 4.87. The number of anilines is 1. The lowest BCUT2D eigenvalue weighted by molar-refractivity contribution is -0.138. The molecular weight excluding hydrogens is 301 g/mol. The lowest BCUT2D eigenvalue weighted by Crippen LogP contribution is -2.44. The minimum absolute atomic E-state index is 0.0898. The molecule has 0 aliphatic carbocycles. The quantitative estimate of drug-likeness (QED) is 0.891. The summed E-state index contributed by atoms with van der Waals surface area (Å²) in [6.45, 7) is 3.02. The van der Waals surface area contributed by atoms with Gasteiger partial charge in [-0.25, -0.2) is 4.79 Å². The third-order valence-electron chi connectivity index (χ3n) is 3.50. The van der Waals surface area contributed by atoms with Crippen molar-refractivity contribution in [1.29, 1.82) is 0 Å². The highest BCUT2D eigenvalue weighted by Gasteiger charge is 2.35. The van der Waals surface area contributed by atoms with Crippen molar-refractivity contribution in [2.75, 3.05) is 38.5 Å². The maximum Gasteiger partial charge on any atom is 0.418 e. The van der Waals surface area contributed by atoms with Crippen molar-refractivity contribution in [1.82, 2.24) is 14.8 Å². The standard InChI is InChI=1S/C13H17F3N4O2/c1-19-2-4-20(5-3-19)8-11-10(13(14,15)16)6-9(7-17-11)18-12(21)22/h6-7,18H,2-5,8H2,1H3,(H,21,22). The van der Waals surface area contributed by atoms with E-state index in [2.05, 4.69) is 9.88 Å². The van der Waals surface area contributed by atoms with Gasteiger partial charge < -0.3 is 10.0 Å². The smallest absolute Gasteiger partial charge is 0.418 e. The van der Waals surface area contributed by atoms with Gasteiger partial charge in [0, 0.05) is 32.7 Å². The summed E-state index contributed by atoms with van der Waals surface area (Å²) in [6, 6.07) is 0.784. The fourth-order valence-electron chi connectivity index (χ4n) is 2.27. The van der Waals surface area contributed by atoms with E-state index in [1.807, 2.05) is 17.3 Å². The van der Waals surface area contributed by atoms with Crippen molar-refractivity contribution in [2.24, 2.45) is 0 Å². The van der Waals surface area contributed by atoms with E-state index in [1.165, 1.54) is 0 Å². The van der Waals surface area contributed by atoms with E-state index in [9.17, 15) is 18.0 Å². The molecule has 1 aromatic rings. The summed E-state index contributed by atoms with van der Waals surface area (Å²) < 4.78 is 39.4. The average Bonchev–Trinajstić information content (AvgIpc) is 2.41. The van der Waals surface area contributed by atoms with Gasteiger partial charge in [0.1, 0.15) is 0 Å². The predicted octanol–water partition coefficient (Wildman–Crippen LogP) is 1.94. The fourth-order valence-corrected chi connectivity index (χ4v) is 2.27. The Morgan fingerprint density at radius 2 is 2.00 bits per heavy atom. The first-order valence-corrected chi connectivity index (χ1v) is 6.72. The van der Waals surface area contributed by atoms with Crippen molar-refractivity contribution >= 4 is 11.8 Å². The van der Waals surface area contributed by atoms with Crippen molar-refractivity contribution in [2.45, 2.75) is 12.7 Å². The van der Waals surface area contributed by atoms with Crippen molar-refractivity contribution in [3.63, 3.8) is 0 Å². The molecule has 0 unspecified atom stereocenters. The zero-order valence-corrected chi connectivity index (χ0v) is 12.0. The Balaban J connectivity index is 2.20. The van der Waals surface area contributed by atoms with E-state index < -0.39 is 17.8 Å². The van der Waals surface area contributed by atoms with E-state index in [4.69, 9.17) is 5.11 Å². The number of nitrogens with one attached hydrogen (secondary N) is 1. The van der Waals surface area contributed by atoms with Crippen molar-refractivity contribution in [3.8, 4) is 0 Å². The Morgan fingerprint density at radius 1 is 1.36 bits per heavy atom. The van der Waals surface area contributed by atoms with Crippen LogP contribution in [0.25, 0.3) is 0 Å². The van der Waals surface area contributed by atoms with Crippen molar-refractivity contribution in [3.05, 3.63) is 23.5 Å². The maximum absolute atomic E-state index is 13.1. The predicted molar refractivity (Wildman–Crippen MR) is 73.7 cm³/mol. The summed E-state index contributed by atoms with van der Waals surface area (Å²) in [7, 11) is 1.96. The van der Waals surface area contributed by atoms with Crippen LogP contribution < -0.4 is 5.32 Å². The minimum atomic E-state index is -4.58. The molecule has 2 rings (SSSR count). The van der Waals surface area contributed by atoms with Crippen LogP contribution in [0.3, 0.4) is 0 Å². The number of alkyl halides is 3. The molecule has 0 atom stereocenters. The molecule has 0 bridgehead atoms. The highest BCUT2D eigenvalue weighted by atomic mass is 19.4. The number of likely N-dealkylation sites (N-methyl/N-ethyl adjacent to an activating group) is 1. The molecule has 0 aromatic carbocycles. The molecule has 1 aliphatic heterocycles. The topological polar surface area (TPSA) is 68.7 Å². The molecule has 1 aromatic heterocycles. The number of halogens is 3. The van der Waals surface area contributed by atoms with Gasteiger partial charge in [0.25, 0.3) is 0 Å². The Hall–Kier alpha value is -1.87. The summed E-state index contributed by atoms with van der Waals surface area (Å²) >= 11 is 0. The van der Waals surface area contributed by atoms with Gasteiger partial charge in [-0.2, -0.15) is 13.2 Å². The second kappa shape index (κ2) is 6.49. The number of nitrogens with zero attached hydrogens (tertiary/aromatic N) is 3. The number of hydrogen-bond acceptors (Lipinski definition) is 4.